The zero-order valence-corrected chi connectivity index (χ0v) is 26.0. The molecule has 1 saturated carbocycles. The predicted molar refractivity (Wildman–Crippen MR) is 168 cm³/mol. The van der Waals surface area contributed by atoms with Crippen LogP contribution in [0.4, 0.5) is 9.18 Å². The Morgan fingerprint density at radius 3 is 2.42 bits per heavy atom. The van der Waals surface area contributed by atoms with Gasteiger partial charge >= 0.3 is 12.0 Å². The van der Waals surface area contributed by atoms with Gasteiger partial charge in [-0.3, -0.25) is 9.69 Å². The summed E-state index contributed by atoms with van der Waals surface area (Å²) in [5.74, 6) is -0.481. The van der Waals surface area contributed by atoms with Gasteiger partial charge in [-0.2, -0.15) is 0 Å². The summed E-state index contributed by atoms with van der Waals surface area (Å²) in [7, 11) is 0. The molecule has 2 aromatic carbocycles. The Balaban J connectivity index is 1.21. The highest BCUT2D eigenvalue weighted by molar-refractivity contribution is 6.30. The summed E-state index contributed by atoms with van der Waals surface area (Å²) in [5.41, 5.74) is 1.97. The maximum absolute atomic E-state index is 14.3. The third-order valence-corrected chi connectivity index (χ3v) is 10.2. The van der Waals surface area contributed by atoms with Crippen molar-refractivity contribution in [3.8, 4) is 0 Å². The number of aliphatic carboxylic acids is 1. The number of halogens is 2. The summed E-state index contributed by atoms with van der Waals surface area (Å²) in [6.45, 7) is 7.09. The molecule has 0 radical (unpaired) electrons. The van der Waals surface area contributed by atoms with Crippen LogP contribution in [0.1, 0.15) is 68.9 Å². The van der Waals surface area contributed by atoms with Gasteiger partial charge in [0.1, 0.15) is 11.9 Å². The normalized spacial score (nSPS) is 23.2. The topological polar surface area (TPSA) is 76.1 Å². The Bertz CT molecular complexity index is 1220. The average molecular weight is 613 g/mol. The molecule has 5 rings (SSSR count). The van der Waals surface area contributed by atoms with Crippen molar-refractivity contribution in [2.24, 2.45) is 11.8 Å². The molecule has 3 atom stereocenters. The second kappa shape index (κ2) is 14.9. The van der Waals surface area contributed by atoms with Crippen molar-refractivity contribution in [2.45, 2.75) is 76.4 Å². The number of hydrogen-bond acceptors (Lipinski definition) is 4. The second-order valence-corrected chi connectivity index (χ2v) is 13.1. The van der Waals surface area contributed by atoms with E-state index in [4.69, 9.17) is 11.6 Å². The first-order chi connectivity index (χ1) is 20.8. The van der Waals surface area contributed by atoms with E-state index in [0.29, 0.717) is 31.2 Å². The van der Waals surface area contributed by atoms with E-state index in [0.717, 1.165) is 69.3 Å². The van der Waals surface area contributed by atoms with Gasteiger partial charge in [0.2, 0.25) is 0 Å². The van der Waals surface area contributed by atoms with E-state index in [1.807, 2.05) is 42.2 Å². The van der Waals surface area contributed by atoms with Crippen LogP contribution in [0.2, 0.25) is 5.02 Å². The molecule has 2 saturated heterocycles. The monoisotopic (exact) mass is 612 g/mol. The molecule has 1 aliphatic carbocycles. The van der Waals surface area contributed by atoms with Gasteiger partial charge in [-0.1, -0.05) is 55.1 Å². The van der Waals surface area contributed by atoms with Gasteiger partial charge < -0.3 is 20.2 Å². The van der Waals surface area contributed by atoms with Crippen molar-refractivity contribution < 1.29 is 19.1 Å². The van der Waals surface area contributed by atoms with Crippen LogP contribution >= 0.6 is 11.6 Å². The fraction of sp³-hybridized carbons (Fsp3) is 0.588. The van der Waals surface area contributed by atoms with Crippen LogP contribution < -0.4 is 5.32 Å². The van der Waals surface area contributed by atoms with E-state index in [1.54, 1.807) is 12.1 Å². The number of hydrogen-bond donors (Lipinski definition) is 2. The maximum atomic E-state index is 14.3. The Kier molecular flexibility index (Phi) is 11.0. The molecule has 2 N–H and O–H groups in total. The molecule has 234 valence electrons. The van der Waals surface area contributed by atoms with Gasteiger partial charge in [-0.15, -0.1) is 0 Å². The molecule has 43 heavy (non-hydrogen) atoms. The Morgan fingerprint density at radius 2 is 1.77 bits per heavy atom. The largest absolute Gasteiger partial charge is 0.480 e. The third-order valence-electron chi connectivity index (χ3n) is 9.94. The zero-order chi connectivity index (χ0) is 30.3. The molecule has 0 spiro atoms. The number of piperidine rings is 1. The summed E-state index contributed by atoms with van der Waals surface area (Å²) < 4.78 is 14.3. The molecule has 7 nitrogen and oxygen atoms in total. The van der Waals surface area contributed by atoms with Crippen LogP contribution in [-0.4, -0.2) is 83.2 Å². The highest BCUT2D eigenvalue weighted by atomic mass is 35.5. The van der Waals surface area contributed by atoms with Crippen LogP contribution in [0.3, 0.4) is 0 Å². The lowest BCUT2D eigenvalue weighted by Gasteiger charge is -2.39. The fourth-order valence-electron chi connectivity index (χ4n) is 7.73. The number of likely N-dealkylation sites (tertiary alicyclic amines) is 2. The number of benzene rings is 2. The van der Waals surface area contributed by atoms with Crippen LogP contribution in [0, 0.1) is 17.7 Å². The lowest BCUT2D eigenvalue weighted by molar-refractivity contribution is -0.145. The minimum absolute atomic E-state index is 0.0454. The van der Waals surface area contributed by atoms with Crippen molar-refractivity contribution in [1.29, 1.82) is 0 Å². The number of rotatable bonds is 10. The van der Waals surface area contributed by atoms with Crippen LogP contribution in [0.15, 0.2) is 48.5 Å². The number of carboxylic acids is 1. The molecule has 0 bridgehead atoms. The molecule has 0 aromatic heterocycles. The molecule has 2 aliphatic heterocycles. The van der Waals surface area contributed by atoms with Crippen LogP contribution in [0.5, 0.6) is 0 Å². The number of urea groups is 1. The zero-order valence-electron chi connectivity index (χ0n) is 25.3. The summed E-state index contributed by atoms with van der Waals surface area (Å²) in [6.07, 6.45) is 7.11. The van der Waals surface area contributed by atoms with E-state index in [-0.39, 0.29) is 35.6 Å². The first kappa shape index (κ1) is 31.7. The molecular formula is C34H46ClFN4O3. The van der Waals surface area contributed by atoms with Gasteiger partial charge in [0.15, 0.2) is 0 Å². The number of carbonyl (C=O) groups excluding carboxylic acids is 1. The fourth-order valence-corrected chi connectivity index (χ4v) is 7.86. The summed E-state index contributed by atoms with van der Waals surface area (Å²) in [6, 6.07) is 14.0. The molecule has 3 aliphatic rings. The Labute approximate surface area is 260 Å². The van der Waals surface area contributed by atoms with E-state index in [2.05, 4.69) is 15.1 Å². The second-order valence-electron chi connectivity index (χ2n) is 12.7. The number of nitrogens with one attached hydrogen (secondary N) is 1. The summed E-state index contributed by atoms with van der Waals surface area (Å²) in [5, 5.41) is 14.0. The minimum Gasteiger partial charge on any atom is -0.480 e. The molecule has 3 fully saturated rings. The highest BCUT2D eigenvalue weighted by Gasteiger charge is 2.43. The van der Waals surface area contributed by atoms with Crippen molar-refractivity contribution in [3.63, 3.8) is 0 Å². The first-order valence-electron chi connectivity index (χ1n) is 16.1. The Morgan fingerprint density at radius 1 is 1.05 bits per heavy atom. The third kappa shape index (κ3) is 8.08. The lowest BCUT2D eigenvalue weighted by Crippen LogP contribution is -2.51. The van der Waals surface area contributed by atoms with Gasteiger partial charge in [0.25, 0.3) is 0 Å². The van der Waals surface area contributed by atoms with Crippen molar-refractivity contribution in [1.82, 2.24) is 20.0 Å². The van der Waals surface area contributed by atoms with Gasteiger partial charge in [-0.05, 0) is 79.8 Å². The van der Waals surface area contributed by atoms with Gasteiger partial charge in [0, 0.05) is 62.8 Å². The van der Waals surface area contributed by atoms with Gasteiger partial charge in [0.05, 0.1) is 0 Å². The molecular weight excluding hydrogens is 567 g/mol. The van der Waals surface area contributed by atoms with Crippen LogP contribution in [0.25, 0.3) is 0 Å². The van der Waals surface area contributed by atoms with Gasteiger partial charge in [-0.25, -0.2) is 9.18 Å². The lowest BCUT2D eigenvalue weighted by atomic mass is 9.83. The molecule has 2 amide bonds. The first-order valence-corrected chi connectivity index (χ1v) is 16.4. The molecule has 2 heterocycles. The standard InChI is InChI=1S/C34H46ClFN4O3/c1-2-40(34(43)37-20-24-11-13-28(35)14-12-24)30-15-17-38(18-16-30)21-27-22-39(23-31(27)26-9-6-10-29(36)19-26)32(33(41)42)25-7-4-3-5-8-25/h6,9-14,19,25,27,30-32H,2-5,7-8,15-18,20-23H2,1H3,(H,37,43)(H,41,42)/t27-,31+,32+/m0/s1. The number of nitrogens with zero attached hydrogens (tertiary/aromatic N) is 3. The quantitative estimate of drug-likeness (QED) is 0.333. The van der Waals surface area contributed by atoms with E-state index < -0.39 is 12.0 Å². The van der Waals surface area contributed by atoms with E-state index in [9.17, 15) is 19.1 Å². The average Bonchev–Trinajstić information content (AvgIpc) is 3.41. The molecule has 2 aromatic rings. The predicted octanol–water partition coefficient (Wildman–Crippen LogP) is 6.22. The van der Waals surface area contributed by atoms with Crippen molar-refractivity contribution in [3.05, 3.63) is 70.5 Å². The van der Waals surface area contributed by atoms with E-state index >= 15 is 0 Å². The molecule has 9 heteroatoms. The number of amides is 2. The minimum atomic E-state index is -0.722. The van der Waals surface area contributed by atoms with Crippen molar-refractivity contribution >= 4 is 23.6 Å². The van der Waals surface area contributed by atoms with Crippen LogP contribution in [-0.2, 0) is 11.3 Å². The molecule has 0 unspecified atom stereocenters. The summed E-state index contributed by atoms with van der Waals surface area (Å²) >= 11 is 5.98. The smallest absolute Gasteiger partial charge is 0.321 e. The highest BCUT2D eigenvalue weighted by Crippen LogP contribution is 2.39. The number of carboxylic acid groups (broad SMARTS) is 1. The van der Waals surface area contributed by atoms with E-state index in [1.165, 1.54) is 12.5 Å². The Hall–Kier alpha value is -2.68. The maximum Gasteiger partial charge on any atom is 0.321 e. The number of carbonyl (C=O) groups is 2. The van der Waals surface area contributed by atoms with Crippen molar-refractivity contribution in [2.75, 3.05) is 39.3 Å². The SMILES string of the molecule is CCN(C(=O)NCc1ccc(Cl)cc1)C1CCN(C[C@H]2CN([C@@H](C(=O)O)C3CCCCC3)C[C@@H]2c2cccc(F)c2)CC1. The summed E-state index contributed by atoms with van der Waals surface area (Å²) in [4.78, 5) is 32.2.